The van der Waals surface area contributed by atoms with Crippen LogP contribution in [-0.2, 0) is 6.54 Å². The van der Waals surface area contributed by atoms with Gasteiger partial charge in [-0.05, 0) is 37.6 Å². The van der Waals surface area contributed by atoms with Crippen molar-refractivity contribution in [3.05, 3.63) is 47.1 Å². The average molecular weight is 340 g/mol. The molecular weight excluding hydrogens is 320 g/mol. The number of benzene rings is 1. The van der Waals surface area contributed by atoms with E-state index in [1.54, 1.807) is 7.11 Å². The Morgan fingerprint density at radius 3 is 2.88 bits per heavy atom. The summed E-state index contributed by atoms with van der Waals surface area (Å²) in [6.45, 7) is 1.88. The van der Waals surface area contributed by atoms with Gasteiger partial charge in [0.15, 0.2) is 0 Å². The van der Waals surface area contributed by atoms with Gasteiger partial charge in [-0.3, -0.25) is 4.90 Å². The summed E-state index contributed by atoms with van der Waals surface area (Å²) in [5.41, 5.74) is 2.08. The lowest BCUT2D eigenvalue weighted by Crippen LogP contribution is -2.33. The number of ether oxygens (including phenoxy) is 1. The first kappa shape index (κ1) is 15.5. The van der Waals surface area contributed by atoms with Crippen LogP contribution in [0.25, 0.3) is 10.2 Å². The van der Waals surface area contributed by atoms with E-state index >= 15 is 0 Å². The molecule has 4 rings (SSSR count). The molecule has 2 aromatic heterocycles. The second-order valence-electron chi connectivity index (χ2n) is 6.07. The second-order valence-corrected chi connectivity index (χ2v) is 7.13. The van der Waals surface area contributed by atoms with Crippen molar-refractivity contribution in [3.8, 4) is 5.88 Å². The third kappa shape index (κ3) is 3.12. The number of aromatic nitrogens is 3. The first-order valence-electron chi connectivity index (χ1n) is 8.29. The number of fused-ring (bicyclic) bond motifs is 1. The van der Waals surface area contributed by atoms with Crippen molar-refractivity contribution in [2.24, 2.45) is 0 Å². The lowest BCUT2D eigenvalue weighted by molar-refractivity contribution is 0.138. The van der Waals surface area contributed by atoms with E-state index in [0.717, 1.165) is 30.7 Å². The average Bonchev–Trinajstić information content (AvgIpc) is 3.07. The highest BCUT2D eigenvalue weighted by atomic mass is 32.1. The molecule has 1 atom stereocenters. The normalized spacial score (nSPS) is 18.8. The Labute approximate surface area is 145 Å². The molecule has 1 fully saturated rings. The smallest absolute Gasteiger partial charge is 0.233 e. The molecule has 0 bridgehead atoms. The van der Waals surface area contributed by atoms with Crippen LogP contribution >= 0.6 is 11.3 Å². The van der Waals surface area contributed by atoms with Crippen molar-refractivity contribution >= 4 is 21.6 Å². The monoisotopic (exact) mass is 340 g/mol. The number of rotatable bonds is 4. The summed E-state index contributed by atoms with van der Waals surface area (Å²) in [6.07, 6.45) is 3.64. The summed E-state index contributed by atoms with van der Waals surface area (Å²) in [7, 11) is 1.61. The third-order valence-corrected chi connectivity index (χ3v) is 5.62. The fourth-order valence-electron chi connectivity index (χ4n) is 3.24. The van der Waals surface area contributed by atoms with Gasteiger partial charge in [0.25, 0.3) is 0 Å². The number of hydrogen-bond donors (Lipinski definition) is 0. The number of piperidine rings is 1. The Hall–Kier alpha value is -2.05. The predicted octanol–water partition coefficient (Wildman–Crippen LogP) is 3.82. The molecule has 24 heavy (non-hydrogen) atoms. The van der Waals surface area contributed by atoms with E-state index in [2.05, 4.69) is 39.4 Å². The molecule has 1 aliphatic heterocycles. The van der Waals surface area contributed by atoms with E-state index in [4.69, 9.17) is 9.72 Å². The van der Waals surface area contributed by atoms with E-state index in [1.807, 2.05) is 23.5 Å². The zero-order valence-electron chi connectivity index (χ0n) is 13.7. The number of hydrogen-bond acceptors (Lipinski definition) is 6. The molecule has 3 aromatic rings. The molecule has 0 aliphatic carbocycles. The molecule has 0 amide bonds. The van der Waals surface area contributed by atoms with Crippen molar-refractivity contribution in [2.45, 2.75) is 31.8 Å². The number of methoxy groups -OCH3 is 1. The van der Waals surface area contributed by atoms with Gasteiger partial charge < -0.3 is 4.74 Å². The summed E-state index contributed by atoms with van der Waals surface area (Å²) in [5, 5.41) is 9.58. The third-order valence-electron chi connectivity index (χ3n) is 4.48. The van der Waals surface area contributed by atoms with Crippen molar-refractivity contribution in [2.75, 3.05) is 13.7 Å². The molecule has 5 nitrogen and oxygen atoms in total. The van der Waals surface area contributed by atoms with Crippen LogP contribution in [0.2, 0.25) is 0 Å². The van der Waals surface area contributed by atoms with Gasteiger partial charge in [-0.15, -0.1) is 16.4 Å². The molecule has 0 radical (unpaired) electrons. The van der Waals surface area contributed by atoms with Gasteiger partial charge in [0.05, 0.1) is 29.1 Å². The summed E-state index contributed by atoms with van der Waals surface area (Å²) in [4.78, 5) is 7.36. The first-order valence-corrected chi connectivity index (χ1v) is 9.11. The van der Waals surface area contributed by atoms with Crippen LogP contribution in [0.15, 0.2) is 36.4 Å². The van der Waals surface area contributed by atoms with Crippen molar-refractivity contribution < 1.29 is 4.74 Å². The molecule has 1 aromatic carbocycles. The maximum Gasteiger partial charge on any atom is 0.233 e. The van der Waals surface area contributed by atoms with Gasteiger partial charge in [-0.25, -0.2) is 4.98 Å². The summed E-state index contributed by atoms with van der Waals surface area (Å²) >= 11 is 1.82. The van der Waals surface area contributed by atoms with Crippen LogP contribution in [0.4, 0.5) is 0 Å². The standard InChI is InChI=1S/C18H20N4OS/c1-23-17-10-9-13(20-21-17)12-22-11-5-4-7-15(22)18-19-14-6-2-3-8-16(14)24-18/h2-3,6,8-10,15H,4-5,7,11-12H2,1H3/t15-/m0/s1. The zero-order chi connectivity index (χ0) is 16.4. The number of likely N-dealkylation sites (tertiary alicyclic amines) is 1. The van der Waals surface area contributed by atoms with Crippen LogP contribution in [0, 0.1) is 0 Å². The lowest BCUT2D eigenvalue weighted by atomic mass is 10.0. The summed E-state index contributed by atoms with van der Waals surface area (Å²) in [6, 6.07) is 12.6. The Morgan fingerprint density at radius 2 is 2.08 bits per heavy atom. The SMILES string of the molecule is COc1ccc(CN2CCCC[C@H]2c2nc3ccccc3s2)nn1. The highest BCUT2D eigenvalue weighted by molar-refractivity contribution is 7.18. The van der Waals surface area contributed by atoms with Gasteiger partial charge in [0.2, 0.25) is 5.88 Å². The maximum atomic E-state index is 5.09. The Bertz CT molecular complexity index is 784. The van der Waals surface area contributed by atoms with Crippen molar-refractivity contribution in [3.63, 3.8) is 0 Å². The molecule has 0 unspecified atom stereocenters. The highest BCUT2D eigenvalue weighted by Gasteiger charge is 2.27. The number of nitrogens with zero attached hydrogens (tertiary/aromatic N) is 4. The molecule has 0 saturated carbocycles. The van der Waals surface area contributed by atoms with E-state index in [0.29, 0.717) is 11.9 Å². The predicted molar refractivity (Wildman–Crippen MR) is 95.2 cm³/mol. The Kier molecular flexibility index (Phi) is 4.40. The molecule has 124 valence electrons. The molecule has 0 spiro atoms. The van der Waals surface area contributed by atoms with E-state index in [1.165, 1.54) is 22.5 Å². The topological polar surface area (TPSA) is 51.1 Å². The molecule has 0 N–H and O–H groups in total. The van der Waals surface area contributed by atoms with Crippen molar-refractivity contribution in [1.82, 2.24) is 20.1 Å². The maximum absolute atomic E-state index is 5.09. The lowest BCUT2D eigenvalue weighted by Gasteiger charge is -2.34. The minimum Gasteiger partial charge on any atom is -0.480 e. The number of para-hydroxylation sites is 1. The minimum atomic E-state index is 0.375. The van der Waals surface area contributed by atoms with E-state index < -0.39 is 0 Å². The highest BCUT2D eigenvalue weighted by Crippen LogP contribution is 2.36. The molecule has 6 heteroatoms. The van der Waals surface area contributed by atoms with Crippen LogP contribution in [0.3, 0.4) is 0 Å². The molecule has 1 saturated heterocycles. The second kappa shape index (κ2) is 6.83. The van der Waals surface area contributed by atoms with Crippen LogP contribution in [-0.4, -0.2) is 33.7 Å². The zero-order valence-corrected chi connectivity index (χ0v) is 14.5. The number of thiazole rings is 1. The van der Waals surface area contributed by atoms with Gasteiger partial charge in [-0.2, -0.15) is 5.10 Å². The Balaban J connectivity index is 1.57. The molecule has 3 heterocycles. The quantitative estimate of drug-likeness (QED) is 0.722. The van der Waals surface area contributed by atoms with Crippen LogP contribution in [0.5, 0.6) is 5.88 Å². The van der Waals surface area contributed by atoms with Crippen LogP contribution < -0.4 is 4.74 Å². The van der Waals surface area contributed by atoms with Gasteiger partial charge >= 0.3 is 0 Å². The fourth-order valence-corrected chi connectivity index (χ4v) is 4.38. The van der Waals surface area contributed by atoms with Crippen molar-refractivity contribution in [1.29, 1.82) is 0 Å². The molecule has 1 aliphatic rings. The fraction of sp³-hybridized carbons (Fsp3) is 0.389. The summed E-state index contributed by atoms with van der Waals surface area (Å²) < 4.78 is 6.35. The van der Waals surface area contributed by atoms with E-state index in [9.17, 15) is 0 Å². The van der Waals surface area contributed by atoms with E-state index in [-0.39, 0.29) is 0 Å². The first-order chi connectivity index (χ1) is 11.8. The largest absolute Gasteiger partial charge is 0.480 e. The minimum absolute atomic E-state index is 0.375. The van der Waals surface area contributed by atoms with Gasteiger partial charge in [0.1, 0.15) is 5.01 Å². The van der Waals surface area contributed by atoms with Gasteiger partial charge in [-0.1, -0.05) is 18.6 Å². The van der Waals surface area contributed by atoms with Crippen LogP contribution in [0.1, 0.15) is 36.0 Å². The molecular formula is C18H20N4OS. The summed E-state index contributed by atoms with van der Waals surface area (Å²) in [5.74, 6) is 0.556. The Morgan fingerprint density at radius 1 is 1.17 bits per heavy atom. The van der Waals surface area contributed by atoms with Gasteiger partial charge in [0, 0.05) is 12.6 Å².